The fraction of sp³-hybridized carbons (Fsp3) is 0.421. The third-order valence-electron chi connectivity index (χ3n) is 3.79. The van der Waals surface area contributed by atoms with Gasteiger partial charge in [-0.1, -0.05) is 51.2 Å². The van der Waals surface area contributed by atoms with Crippen molar-refractivity contribution in [3.63, 3.8) is 0 Å². The van der Waals surface area contributed by atoms with Crippen LogP contribution in [0.5, 0.6) is 0 Å². The van der Waals surface area contributed by atoms with Crippen LogP contribution in [0.15, 0.2) is 42.6 Å². The van der Waals surface area contributed by atoms with Crippen molar-refractivity contribution in [2.45, 2.75) is 51.9 Å². The maximum absolute atomic E-state index is 14.2. The van der Waals surface area contributed by atoms with Gasteiger partial charge >= 0.3 is 0 Å². The quantitative estimate of drug-likeness (QED) is 0.559. The first-order chi connectivity index (χ1) is 10.3. The van der Waals surface area contributed by atoms with E-state index in [-0.39, 0.29) is 5.82 Å². The van der Waals surface area contributed by atoms with Crippen molar-refractivity contribution in [3.05, 3.63) is 54.0 Å². The van der Waals surface area contributed by atoms with Gasteiger partial charge < -0.3 is 0 Å². The Bertz CT molecular complexity index is 537. The van der Waals surface area contributed by atoms with Crippen LogP contribution in [0.25, 0.3) is 11.3 Å². The Morgan fingerprint density at radius 2 is 1.76 bits per heavy atom. The van der Waals surface area contributed by atoms with Gasteiger partial charge in [0.2, 0.25) is 0 Å². The molecule has 2 heteroatoms. The second-order valence-corrected chi connectivity index (χ2v) is 5.55. The molecule has 0 saturated carbocycles. The number of hydrogen-bond donors (Lipinski definition) is 0. The summed E-state index contributed by atoms with van der Waals surface area (Å²) < 4.78 is 14.2. The minimum Gasteiger partial charge on any atom is -0.256 e. The lowest BCUT2D eigenvalue weighted by molar-refractivity contribution is 0.603. The van der Waals surface area contributed by atoms with Gasteiger partial charge in [0.15, 0.2) is 0 Å². The smallest absolute Gasteiger partial charge is 0.132 e. The lowest BCUT2D eigenvalue weighted by atomic mass is 10.0. The molecule has 0 spiro atoms. The van der Waals surface area contributed by atoms with E-state index < -0.39 is 0 Å². The van der Waals surface area contributed by atoms with Crippen molar-refractivity contribution in [2.24, 2.45) is 0 Å². The molecular formula is C19H24FN. The molecule has 1 heterocycles. The maximum Gasteiger partial charge on any atom is 0.132 e. The summed E-state index contributed by atoms with van der Waals surface area (Å²) in [5, 5.41) is 0. The fourth-order valence-corrected chi connectivity index (χ4v) is 2.55. The molecule has 0 bridgehead atoms. The van der Waals surface area contributed by atoms with Crippen LogP contribution >= 0.6 is 0 Å². The Kier molecular flexibility index (Phi) is 6.39. The van der Waals surface area contributed by atoms with Gasteiger partial charge in [0.25, 0.3) is 0 Å². The Morgan fingerprint density at radius 1 is 0.952 bits per heavy atom. The third kappa shape index (κ3) is 4.96. The molecule has 21 heavy (non-hydrogen) atoms. The summed E-state index contributed by atoms with van der Waals surface area (Å²) in [6, 6.07) is 11.1. The van der Waals surface area contributed by atoms with E-state index in [0.29, 0.717) is 11.3 Å². The van der Waals surface area contributed by atoms with Crippen molar-refractivity contribution >= 4 is 0 Å². The second-order valence-electron chi connectivity index (χ2n) is 5.55. The van der Waals surface area contributed by atoms with Gasteiger partial charge in [0, 0.05) is 11.8 Å². The van der Waals surface area contributed by atoms with Crippen molar-refractivity contribution in [1.29, 1.82) is 0 Å². The van der Waals surface area contributed by atoms with Crippen LogP contribution < -0.4 is 0 Å². The molecule has 0 aliphatic carbocycles. The molecule has 0 N–H and O–H groups in total. The molecule has 1 nitrogen and oxygen atoms in total. The average molecular weight is 285 g/mol. The zero-order chi connectivity index (χ0) is 14.9. The van der Waals surface area contributed by atoms with Gasteiger partial charge in [-0.25, -0.2) is 4.39 Å². The molecule has 112 valence electrons. The first kappa shape index (κ1) is 15.7. The van der Waals surface area contributed by atoms with Gasteiger partial charge in [-0.05, 0) is 42.7 Å². The normalized spacial score (nSPS) is 10.8. The van der Waals surface area contributed by atoms with E-state index in [1.54, 1.807) is 12.3 Å². The number of halogens is 1. The van der Waals surface area contributed by atoms with Gasteiger partial charge in [0.1, 0.15) is 5.82 Å². The SMILES string of the molecule is CCCCCCCCc1ccc(-c2ccccn2)c(F)c1. The molecule has 1 aromatic heterocycles. The summed E-state index contributed by atoms with van der Waals surface area (Å²) in [5.74, 6) is -0.169. The molecule has 2 rings (SSSR count). The summed E-state index contributed by atoms with van der Waals surface area (Å²) in [6.45, 7) is 2.23. The molecule has 0 unspecified atom stereocenters. The molecule has 1 aromatic carbocycles. The Morgan fingerprint density at radius 3 is 2.48 bits per heavy atom. The number of benzene rings is 1. The predicted molar refractivity (Wildman–Crippen MR) is 86.7 cm³/mol. The predicted octanol–water partition coefficient (Wildman–Crippen LogP) is 5.79. The molecule has 0 amide bonds. The second kappa shape index (κ2) is 8.56. The molecule has 0 saturated heterocycles. The number of hydrogen-bond acceptors (Lipinski definition) is 1. The van der Waals surface area contributed by atoms with Crippen molar-refractivity contribution in [1.82, 2.24) is 4.98 Å². The van der Waals surface area contributed by atoms with Crippen molar-refractivity contribution in [3.8, 4) is 11.3 Å². The zero-order valence-corrected chi connectivity index (χ0v) is 12.8. The number of aromatic nitrogens is 1. The molecule has 2 aromatic rings. The summed E-state index contributed by atoms with van der Waals surface area (Å²) >= 11 is 0. The molecule has 0 fully saturated rings. The maximum atomic E-state index is 14.2. The van der Waals surface area contributed by atoms with Crippen LogP contribution in [0.4, 0.5) is 4.39 Å². The van der Waals surface area contributed by atoms with Crippen LogP contribution in [-0.4, -0.2) is 4.98 Å². The van der Waals surface area contributed by atoms with Crippen LogP contribution in [0.1, 0.15) is 51.0 Å². The van der Waals surface area contributed by atoms with E-state index >= 15 is 0 Å². The van der Waals surface area contributed by atoms with Crippen molar-refractivity contribution < 1.29 is 4.39 Å². The average Bonchev–Trinajstić information content (AvgIpc) is 2.52. The standard InChI is InChI=1S/C19H24FN/c1-2-3-4-5-6-7-10-16-12-13-17(18(20)15-16)19-11-8-9-14-21-19/h8-9,11-15H,2-7,10H2,1H3. The van der Waals surface area contributed by atoms with Gasteiger partial charge in [-0.3, -0.25) is 4.98 Å². The summed E-state index contributed by atoms with van der Waals surface area (Å²) in [4.78, 5) is 4.20. The Hall–Kier alpha value is -1.70. The van der Waals surface area contributed by atoms with E-state index in [1.165, 1.54) is 32.1 Å². The molecular weight excluding hydrogens is 261 g/mol. The van der Waals surface area contributed by atoms with E-state index in [4.69, 9.17) is 0 Å². The number of rotatable bonds is 8. The van der Waals surface area contributed by atoms with Crippen molar-refractivity contribution in [2.75, 3.05) is 0 Å². The highest BCUT2D eigenvalue weighted by Gasteiger charge is 2.06. The largest absolute Gasteiger partial charge is 0.256 e. The highest BCUT2D eigenvalue weighted by atomic mass is 19.1. The van der Waals surface area contributed by atoms with Crippen LogP contribution in [-0.2, 0) is 6.42 Å². The minimum absolute atomic E-state index is 0.169. The first-order valence-electron chi connectivity index (χ1n) is 8.01. The Balaban J connectivity index is 1.88. The van der Waals surface area contributed by atoms with Crippen LogP contribution in [0.2, 0.25) is 0 Å². The fourth-order valence-electron chi connectivity index (χ4n) is 2.55. The molecule has 0 aliphatic heterocycles. The summed E-state index contributed by atoms with van der Waals surface area (Å²) in [6.07, 6.45) is 10.3. The van der Waals surface area contributed by atoms with Gasteiger partial charge in [-0.15, -0.1) is 0 Å². The third-order valence-corrected chi connectivity index (χ3v) is 3.79. The van der Waals surface area contributed by atoms with E-state index in [2.05, 4.69) is 11.9 Å². The van der Waals surface area contributed by atoms with Crippen LogP contribution in [0.3, 0.4) is 0 Å². The highest BCUT2D eigenvalue weighted by Crippen LogP contribution is 2.22. The van der Waals surface area contributed by atoms with E-state index in [1.807, 2.05) is 30.3 Å². The van der Waals surface area contributed by atoms with E-state index in [0.717, 1.165) is 18.4 Å². The van der Waals surface area contributed by atoms with Crippen LogP contribution in [0, 0.1) is 5.82 Å². The van der Waals surface area contributed by atoms with Gasteiger partial charge in [0.05, 0.1) is 5.69 Å². The monoisotopic (exact) mass is 285 g/mol. The number of aryl methyl sites for hydroxylation is 1. The topological polar surface area (TPSA) is 12.9 Å². The van der Waals surface area contributed by atoms with E-state index in [9.17, 15) is 4.39 Å². The summed E-state index contributed by atoms with van der Waals surface area (Å²) in [7, 11) is 0. The number of nitrogens with zero attached hydrogens (tertiary/aromatic N) is 1. The first-order valence-corrected chi connectivity index (χ1v) is 8.01. The van der Waals surface area contributed by atoms with Gasteiger partial charge in [-0.2, -0.15) is 0 Å². The summed E-state index contributed by atoms with van der Waals surface area (Å²) in [5.41, 5.74) is 2.37. The highest BCUT2D eigenvalue weighted by molar-refractivity contribution is 5.60. The zero-order valence-electron chi connectivity index (χ0n) is 12.8. The molecule has 0 atom stereocenters. The number of pyridine rings is 1. The molecule has 0 radical (unpaired) electrons. The Labute approximate surface area is 127 Å². The lowest BCUT2D eigenvalue weighted by Crippen LogP contribution is -1.92. The minimum atomic E-state index is -0.169. The lowest BCUT2D eigenvalue weighted by Gasteiger charge is -2.06. The molecule has 0 aliphatic rings. The number of unbranched alkanes of at least 4 members (excludes halogenated alkanes) is 5.